The molecule has 8 nitrogen and oxygen atoms in total. The number of likely N-dealkylation sites (tertiary alicyclic amines) is 1. The Hall–Kier alpha value is -3.39. The number of nitrogens with one attached hydrogen (secondary N) is 1. The summed E-state index contributed by atoms with van der Waals surface area (Å²) in [5.41, 5.74) is 9.23. The van der Waals surface area contributed by atoms with Gasteiger partial charge in [0, 0.05) is 36.4 Å². The van der Waals surface area contributed by atoms with Crippen LogP contribution in [0.1, 0.15) is 85.9 Å². The summed E-state index contributed by atoms with van der Waals surface area (Å²) in [6.45, 7) is 10.1. The van der Waals surface area contributed by atoms with E-state index in [0.717, 1.165) is 81.0 Å². The number of carbonyl (C=O) groups is 2. The molecular weight excluding hydrogens is 488 g/mol. The van der Waals surface area contributed by atoms with Gasteiger partial charge in [0.15, 0.2) is 0 Å². The predicted molar refractivity (Wildman–Crippen MR) is 159 cm³/mol. The predicted octanol–water partition coefficient (Wildman–Crippen LogP) is 5.80. The Morgan fingerprint density at radius 1 is 0.897 bits per heavy atom. The molecule has 0 aliphatic carbocycles. The monoisotopic (exact) mass is 532 g/mol. The third kappa shape index (κ3) is 7.60. The second kappa shape index (κ2) is 14.1. The number of imidazole rings is 1. The van der Waals surface area contributed by atoms with Gasteiger partial charge in [-0.25, -0.2) is 4.98 Å². The first-order chi connectivity index (χ1) is 19.0. The number of nitrogens with two attached hydrogens (primary N) is 1. The molecule has 0 spiro atoms. The van der Waals surface area contributed by atoms with Gasteiger partial charge in [0.1, 0.15) is 0 Å². The summed E-state index contributed by atoms with van der Waals surface area (Å²) in [5.74, 6) is 0.376. The standard InChI is InChI=1S/C31H44N6O2/c1-3-5-20-36(21-6-4-2)30(39)25-13-16-27-28(23-25)37(22-10-19-35-17-8-7-9-18-35)31(34-27)33-26-14-11-24(12-15-26)29(32)38/h11-16,23H,3-10,17-22H2,1-2H3,(H2,32,38)(H,33,34). The number of hydrogen-bond donors (Lipinski definition) is 2. The zero-order valence-corrected chi connectivity index (χ0v) is 23.6. The van der Waals surface area contributed by atoms with E-state index < -0.39 is 5.91 Å². The SMILES string of the molecule is CCCCN(CCCC)C(=O)c1ccc2nc(Nc3ccc(C(N)=O)cc3)n(CCCN3CCCCC3)c2c1. The molecule has 2 heterocycles. The summed E-state index contributed by atoms with van der Waals surface area (Å²) < 4.78 is 2.19. The van der Waals surface area contributed by atoms with Crippen LogP contribution in [0.4, 0.5) is 11.6 Å². The average molecular weight is 533 g/mol. The maximum atomic E-state index is 13.6. The fraction of sp³-hybridized carbons (Fsp3) is 0.516. The van der Waals surface area contributed by atoms with E-state index in [2.05, 4.69) is 28.6 Å². The minimum absolute atomic E-state index is 0.0939. The highest BCUT2D eigenvalue weighted by molar-refractivity contribution is 5.98. The zero-order valence-electron chi connectivity index (χ0n) is 23.6. The van der Waals surface area contributed by atoms with Gasteiger partial charge in [0.05, 0.1) is 11.0 Å². The largest absolute Gasteiger partial charge is 0.366 e. The summed E-state index contributed by atoms with van der Waals surface area (Å²) in [6.07, 6.45) is 9.03. The number of piperidine rings is 1. The van der Waals surface area contributed by atoms with Crippen molar-refractivity contribution in [2.24, 2.45) is 5.73 Å². The number of carbonyl (C=O) groups excluding carboxylic acids is 2. The van der Waals surface area contributed by atoms with E-state index in [4.69, 9.17) is 10.7 Å². The highest BCUT2D eigenvalue weighted by Gasteiger charge is 2.19. The first-order valence-corrected chi connectivity index (χ1v) is 14.7. The molecule has 0 atom stereocenters. The quantitative estimate of drug-likeness (QED) is 0.274. The summed E-state index contributed by atoms with van der Waals surface area (Å²) in [6, 6.07) is 13.0. The zero-order chi connectivity index (χ0) is 27.6. The first-order valence-electron chi connectivity index (χ1n) is 14.7. The number of benzene rings is 2. The summed E-state index contributed by atoms with van der Waals surface area (Å²) >= 11 is 0. The topological polar surface area (TPSA) is 96.5 Å². The fourth-order valence-corrected chi connectivity index (χ4v) is 5.26. The fourth-order valence-electron chi connectivity index (χ4n) is 5.26. The number of amides is 2. The van der Waals surface area contributed by atoms with E-state index in [1.807, 2.05) is 35.2 Å². The maximum absolute atomic E-state index is 13.6. The van der Waals surface area contributed by atoms with E-state index >= 15 is 0 Å². The number of rotatable bonds is 14. The van der Waals surface area contributed by atoms with Crippen LogP contribution in [0.5, 0.6) is 0 Å². The van der Waals surface area contributed by atoms with Crippen molar-refractivity contribution in [3.8, 4) is 0 Å². The van der Waals surface area contributed by atoms with Gasteiger partial charge in [-0.1, -0.05) is 33.1 Å². The molecule has 1 aliphatic heterocycles. The van der Waals surface area contributed by atoms with Crippen LogP contribution in [-0.2, 0) is 6.54 Å². The molecule has 0 radical (unpaired) electrons. The normalized spacial score (nSPS) is 14.0. The molecule has 0 saturated carbocycles. The lowest BCUT2D eigenvalue weighted by molar-refractivity contribution is 0.0751. The number of nitrogens with zero attached hydrogens (tertiary/aromatic N) is 4. The Labute approximate surface area is 232 Å². The molecule has 0 unspecified atom stereocenters. The Balaban J connectivity index is 1.61. The average Bonchev–Trinajstić information content (AvgIpc) is 3.29. The molecule has 2 amide bonds. The smallest absolute Gasteiger partial charge is 0.253 e. The van der Waals surface area contributed by atoms with E-state index in [1.165, 1.54) is 32.4 Å². The minimum atomic E-state index is -0.449. The van der Waals surface area contributed by atoms with E-state index in [-0.39, 0.29) is 5.91 Å². The van der Waals surface area contributed by atoms with Crippen molar-refractivity contribution in [1.29, 1.82) is 0 Å². The second-order valence-corrected chi connectivity index (χ2v) is 10.6. The maximum Gasteiger partial charge on any atom is 0.253 e. The van der Waals surface area contributed by atoms with Gasteiger partial charge in [-0.15, -0.1) is 0 Å². The Bertz CT molecular complexity index is 1220. The van der Waals surface area contributed by atoms with Crippen molar-refractivity contribution < 1.29 is 9.59 Å². The number of aryl methyl sites for hydroxylation is 1. The van der Waals surface area contributed by atoms with Crippen molar-refractivity contribution >= 4 is 34.5 Å². The van der Waals surface area contributed by atoms with Gasteiger partial charge >= 0.3 is 0 Å². The number of hydrogen-bond acceptors (Lipinski definition) is 5. The van der Waals surface area contributed by atoms with Gasteiger partial charge in [-0.3, -0.25) is 9.59 Å². The van der Waals surface area contributed by atoms with Crippen molar-refractivity contribution in [1.82, 2.24) is 19.4 Å². The van der Waals surface area contributed by atoms with Crippen LogP contribution in [0.25, 0.3) is 11.0 Å². The molecule has 3 N–H and O–H groups in total. The molecule has 1 aliphatic rings. The van der Waals surface area contributed by atoms with Crippen LogP contribution >= 0.6 is 0 Å². The van der Waals surface area contributed by atoms with Crippen LogP contribution in [0.2, 0.25) is 0 Å². The highest BCUT2D eigenvalue weighted by Crippen LogP contribution is 2.26. The third-order valence-electron chi connectivity index (χ3n) is 7.58. The molecule has 39 heavy (non-hydrogen) atoms. The van der Waals surface area contributed by atoms with Crippen LogP contribution in [0.15, 0.2) is 42.5 Å². The molecule has 210 valence electrons. The van der Waals surface area contributed by atoms with Crippen molar-refractivity contribution in [3.05, 3.63) is 53.6 Å². The molecule has 4 rings (SSSR count). The lowest BCUT2D eigenvalue weighted by Gasteiger charge is -2.26. The lowest BCUT2D eigenvalue weighted by Crippen LogP contribution is -2.33. The molecule has 3 aromatic rings. The van der Waals surface area contributed by atoms with Gasteiger partial charge < -0.3 is 25.4 Å². The van der Waals surface area contributed by atoms with Crippen molar-refractivity contribution in [3.63, 3.8) is 0 Å². The van der Waals surface area contributed by atoms with E-state index in [0.29, 0.717) is 11.1 Å². The van der Waals surface area contributed by atoms with Crippen molar-refractivity contribution in [2.45, 2.75) is 71.8 Å². The number of aromatic nitrogens is 2. The summed E-state index contributed by atoms with van der Waals surface area (Å²) in [4.78, 5) is 34.5. The van der Waals surface area contributed by atoms with E-state index in [9.17, 15) is 9.59 Å². The van der Waals surface area contributed by atoms with Gasteiger partial charge in [-0.05, 0) is 94.2 Å². The van der Waals surface area contributed by atoms with E-state index in [1.54, 1.807) is 12.1 Å². The molecular formula is C31H44N6O2. The molecule has 1 saturated heterocycles. The molecule has 8 heteroatoms. The van der Waals surface area contributed by atoms with Crippen LogP contribution in [0, 0.1) is 0 Å². The van der Waals surface area contributed by atoms with Crippen LogP contribution < -0.4 is 11.1 Å². The Morgan fingerprint density at radius 3 is 2.21 bits per heavy atom. The molecule has 1 aromatic heterocycles. The summed E-state index contributed by atoms with van der Waals surface area (Å²) in [5, 5.41) is 3.43. The van der Waals surface area contributed by atoms with Crippen molar-refractivity contribution in [2.75, 3.05) is 38.0 Å². The number of primary amides is 1. The second-order valence-electron chi connectivity index (χ2n) is 10.6. The van der Waals surface area contributed by atoms with Gasteiger partial charge in [0.25, 0.3) is 5.91 Å². The number of unbranched alkanes of at least 4 members (excludes halogenated alkanes) is 2. The number of anilines is 2. The lowest BCUT2D eigenvalue weighted by atomic mass is 10.1. The first kappa shape index (κ1) is 28.6. The third-order valence-corrected chi connectivity index (χ3v) is 7.58. The Morgan fingerprint density at radius 2 is 1.56 bits per heavy atom. The molecule has 0 bridgehead atoms. The molecule has 1 fully saturated rings. The number of fused-ring (bicyclic) bond motifs is 1. The van der Waals surface area contributed by atoms with Gasteiger partial charge in [0.2, 0.25) is 11.9 Å². The van der Waals surface area contributed by atoms with Crippen LogP contribution in [-0.4, -0.2) is 63.9 Å². The van der Waals surface area contributed by atoms with Gasteiger partial charge in [-0.2, -0.15) is 0 Å². The summed E-state index contributed by atoms with van der Waals surface area (Å²) in [7, 11) is 0. The highest BCUT2D eigenvalue weighted by atomic mass is 16.2. The van der Waals surface area contributed by atoms with Crippen LogP contribution in [0.3, 0.4) is 0 Å². The molecule has 2 aromatic carbocycles. The minimum Gasteiger partial charge on any atom is -0.366 e. The Kier molecular flexibility index (Phi) is 10.4.